The molecule has 7 heteroatoms. The van der Waals surface area contributed by atoms with Gasteiger partial charge in [-0.15, -0.1) is 0 Å². The van der Waals surface area contributed by atoms with E-state index in [-0.39, 0.29) is 11.3 Å². The van der Waals surface area contributed by atoms with Crippen LogP contribution >= 0.6 is 0 Å². The summed E-state index contributed by atoms with van der Waals surface area (Å²) in [5, 5.41) is 10.6. The van der Waals surface area contributed by atoms with E-state index in [2.05, 4.69) is 4.57 Å². The maximum Gasteiger partial charge on any atom is 0.338 e. The quantitative estimate of drug-likeness (QED) is 0.279. The lowest BCUT2D eigenvalue weighted by atomic mass is 10.1. The van der Waals surface area contributed by atoms with Gasteiger partial charge < -0.3 is 9.30 Å². The highest BCUT2D eigenvalue weighted by atomic mass is 16.6. The molecule has 2 aromatic carbocycles. The average molecular weight is 378 g/mol. The topological polar surface area (TPSA) is 91.4 Å². The summed E-state index contributed by atoms with van der Waals surface area (Å²) in [6.07, 6.45) is 0. The van der Waals surface area contributed by atoms with Crippen LogP contribution in [0.3, 0.4) is 0 Å². The van der Waals surface area contributed by atoms with E-state index in [0.29, 0.717) is 5.56 Å². The maximum absolute atomic E-state index is 12.2. The van der Waals surface area contributed by atoms with Crippen LogP contribution in [0, 0.1) is 24.0 Å². The number of ketones is 1. The first kappa shape index (κ1) is 19.0. The van der Waals surface area contributed by atoms with Crippen molar-refractivity contribution in [2.24, 2.45) is 0 Å². The van der Waals surface area contributed by atoms with Crippen LogP contribution in [0.15, 0.2) is 60.7 Å². The molecule has 0 aliphatic heterocycles. The second-order valence-corrected chi connectivity index (χ2v) is 6.30. The highest BCUT2D eigenvalue weighted by Gasteiger charge is 2.14. The molecule has 0 amide bonds. The van der Waals surface area contributed by atoms with E-state index in [0.717, 1.165) is 17.1 Å². The molecule has 1 heterocycles. The number of esters is 1. The van der Waals surface area contributed by atoms with Crippen molar-refractivity contribution in [2.75, 3.05) is 6.61 Å². The number of rotatable bonds is 6. The van der Waals surface area contributed by atoms with Crippen molar-refractivity contribution < 1.29 is 19.2 Å². The molecule has 0 bridgehead atoms. The summed E-state index contributed by atoms with van der Waals surface area (Å²) in [4.78, 5) is 34.4. The predicted octanol–water partition coefficient (Wildman–Crippen LogP) is 4.04. The van der Waals surface area contributed by atoms with Gasteiger partial charge in [-0.3, -0.25) is 14.9 Å². The summed E-state index contributed by atoms with van der Waals surface area (Å²) < 4.78 is 7.13. The lowest BCUT2D eigenvalue weighted by molar-refractivity contribution is -0.384. The van der Waals surface area contributed by atoms with Gasteiger partial charge in [0.1, 0.15) is 0 Å². The summed E-state index contributed by atoms with van der Waals surface area (Å²) in [6, 6.07) is 16.1. The van der Waals surface area contributed by atoms with Gasteiger partial charge >= 0.3 is 5.97 Å². The fourth-order valence-electron chi connectivity index (χ4n) is 2.89. The number of Topliss-reactive ketones (excluding diaryl/α,β-unsaturated/α-hetero) is 1. The molecular weight excluding hydrogens is 360 g/mol. The highest BCUT2D eigenvalue weighted by Crippen LogP contribution is 2.17. The lowest BCUT2D eigenvalue weighted by Crippen LogP contribution is -2.14. The summed E-state index contributed by atoms with van der Waals surface area (Å²) in [5.41, 5.74) is 3.57. The van der Waals surface area contributed by atoms with Crippen molar-refractivity contribution >= 4 is 17.4 Å². The van der Waals surface area contributed by atoms with Crippen LogP contribution in [0.5, 0.6) is 0 Å². The number of benzene rings is 2. The Bertz CT molecular complexity index is 1010. The standard InChI is InChI=1S/C21H18N2O5/c1-14-3-4-15(2)22(14)18-9-7-17(8-10-18)21(25)28-13-20(24)16-5-11-19(12-6-16)23(26)27/h3-12H,13H2,1-2H3. The summed E-state index contributed by atoms with van der Waals surface area (Å²) >= 11 is 0. The molecular formula is C21H18N2O5. The molecule has 0 aliphatic carbocycles. The molecule has 0 saturated carbocycles. The van der Waals surface area contributed by atoms with E-state index in [1.807, 2.05) is 38.1 Å². The molecule has 0 spiro atoms. The van der Waals surface area contributed by atoms with Crippen molar-refractivity contribution in [1.82, 2.24) is 4.57 Å². The SMILES string of the molecule is Cc1ccc(C)n1-c1ccc(C(=O)OCC(=O)c2ccc([N+](=O)[O-])cc2)cc1. The summed E-state index contributed by atoms with van der Waals surface area (Å²) in [6.45, 7) is 3.56. The minimum absolute atomic E-state index is 0.109. The largest absolute Gasteiger partial charge is 0.454 e. The molecule has 0 aliphatic rings. The number of aromatic nitrogens is 1. The number of carbonyl (C=O) groups is 2. The van der Waals surface area contributed by atoms with Crippen molar-refractivity contribution in [2.45, 2.75) is 13.8 Å². The highest BCUT2D eigenvalue weighted by molar-refractivity contribution is 5.99. The molecule has 28 heavy (non-hydrogen) atoms. The Kier molecular flexibility index (Phi) is 5.35. The van der Waals surface area contributed by atoms with E-state index in [1.54, 1.807) is 12.1 Å². The van der Waals surface area contributed by atoms with Crippen molar-refractivity contribution in [3.8, 4) is 5.69 Å². The van der Waals surface area contributed by atoms with Gasteiger partial charge in [0, 0.05) is 34.8 Å². The van der Waals surface area contributed by atoms with Gasteiger partial charge in [-0.25, -0.2) is 4.79 Å². The molecule has 142 valence electrons. The van der Waals surface area contributed by atoms with Crippen LogP contribution < -0.4 is 0 Å². The number of nitro benzene ring substituents is 1. The van der Waals surface area contributed by atoms with E-state index in [4.69, 9.17) is 4.74 Å². The first-order valence-corrected chi connectivity index (χ1v) is 8.57. The second kappa shape index (κ2) is 7.87. The van der Waals surface area contributed by atoms with E-state index < -0.39 is 23.3 Å². The third kappa shape index (κ3) is 3.98. The van der Waals surface area contributed by atoms with Gasteiger partial charge in [0.15, 0.2) is 12.4 Å². The van der Waals surface area contributed by atoms with E-state index >= 15 is 0 Å². The Morgan fingerprint density at radius 1 is 0.893 bits per heavy atom. The Morgan fingerprint density at radius 3 is 1.96 bits per heavy atom. The fraction of sp³-hybridized carbons (Fsp3) is 0.143. The number of hydrogen-bond acceptors (Lipinski definition) is 5. The Labute approximate surface area is 161 Å². The van der Waals surface area contributed by atoms with Gasteiger partial charge in [-0.1, -0.05) is 0 Å². The third-order valence-electron chi connectivity index (χ3n) is 4.37. The van der Waals surface area contributed by atoms with Crippen molar-refractivity contribution in [3.05, 3.63) is 93.3 Å². The normalized spacial score (nSPS) is 10.5. The summed E-state index contributed by atoms with van der Waals surface area (Å²) in [5.74, 6) is -1.04. The molecule has 3 aromatic rings. The first-order valence-electron chi connectivity index (χ1n) is 8.57. The predicted molar refractivity (Wildman–Crippen MR) is 103 cm³/mol. The number of hydrogen-bond donors (Lipinski definition) is 0. The third-order valence-corrected chi connectivity index (χ3v) is 4.37. The number of nitrogens with zero attached hydrogens (tertiary/aromatic N) is 2. The van der Waals surface area contributed by atoms with Gasteiger partial charge in [-0.2, -0.15) is 0 Å². The molecule has 7 nitrogen and oxygen atoms in total. The Balaban J connectivity index is 1.63. The van der Waals surface area contributed by atoms with Crippen LogP contribution in [0.4, 0.5) is 5.69 Å². The Hall–Kier alpha value is -3.74. The average Bonchev–Trinajstić information content (AvgIpc) is 3.04. The van der Waals surface area contributed by atoms with Gasteiger partial charge in [0.05, 0.1) is 10.5 Å². The molecule has 0 fully saturated rings. The minimum Gasteiger partial charge on any atom is -0.454 e. The fourth-order valence-corrected chi connectivity index (χ4v) is 2.89. The molecule has 0 N–H and O–H groups in total. The smallest absolute Gasteiger partial charge is 0.338 e. The molecule has 0 atom stereocenters. The van der Waals surface area contributed by atoms with Gasteiger partial charge in [-0.05, 0) is 62.4 Å². The molecule has 0 saturated heterocycles. The number of ether oxygens (including phenoxy) is 1. The van der Waals surface area contributed by atoms with Crippen LogP contribution in [0.1, 0.15) is 32.1 Å². The zero-order valence-electron chi connectivity index (χ0n) is 15.4. The lowest BCUT2D eigenvalue weighted by Gasteiger charge is -2.10. The van der Waals surface area contributed by atoms with E-state index in [1.165, 1.54) is 24.3 Å². The minimum atomic E-state index is -0.609. The zero-order valence-corrected chi connectivity index (χ0v) is 15.4. The van der Waals surface area contributed by atoms with Gasteiger partial charge in [0.25, 0.3) is 5.69 Å². The molecule has 1 aromatic heterocycles. The molecule has 0 radical (unpaired) electrons. The first-order chi connectivity index (χ1) is 13.4. The van der Waals surface area contributed by atoms with Gasteiger partial charge in [0.2, 0.25) is 0 Å². The number of aryl methyl sites for hydroxylation is 2. The molecule has 3 rings (SSSR count). The second-order valence-electron chi connectivity index (χ2n) is 6.30. The van der Waals surface area contributed by atoms with Crippen LogP contribution in [0.2, 0.25) is 0 Å². The van der Waals surface area contributed by atoms with Crippen molar-refractivity contribution in [3.63, 3.8) is 0 Å². The van der Waals surface area contributed by atoms with Crippen LogP contribution in [0.25, 0.3) is 5.69 Å². The van der Waals surface area contributed by atoms with Crippen molar-refractivity contribution in [1.29, 1.82) is 0 Å². The Morgan fingerprint density at radius 2 is 1.43 bits per heavy atom. The number of nitro groups is 1. The van der Waals surface area contributed by atoms with Crippen LogP contribution in [-0.2, 0) is 4.74 Å². The number of carbonyl (C=O) groups excluding carboxylic acids is 2. The van der Waals surface area contributed by atoms with E-state index in [9.17, 15) is 19.7 Å². The monoisotopic (exact) mass is 378 g/mol. The van der Waals surface area contributed by atoms with Crippen LogP contribution in [-0.4, -0.2) is 27.8 Å². The maximum atomic E-state index is 12.2. The zero-order chi connectivity index (χ0) is 20.3. The summed E-state index contributed by atoms with van der Waals surface area (Å²) in [7, 11) is 0. The number of non-ortho nitro benzene ring substituents is 1. The molecule has 0 unspecified atom stereocenters.